The predicted molar refractivity (Wildman–Crippen MR) is 124 cm³/mol. The molecule has 0 aliphatic heterocycles. The summed E-state index contributed by atoms with van der Waals surface area (Å²) in [6, 6.07) is 0. The van der Waals surface area contributed by atoms with Crippen LogP contribution in [0.1, 0.15) is 136 Å². The standard InChI is InChI=1S/C27H50O2/c1-27(2,19-13-9-10-14-20-28)18-12-8-6-4-3-5-7-11-15-21-29-26-23-24-16-17-25(26)22-24/h20,24-26H,3-19,21-23H2,1-2H3. The number of carbonyl (C=O) groups excluding carboxylic acids is 1. The Hall–Kier alpha value is -0.370. The van der Waals surface area contributed by atoms with Crippen molar-refractivity contribution < 1.29 is 9.53 Å². The molecule has 2 heteroatoms. The van der Waals surface area contributed by atoms with Crippen LogP contribution in [-0.4, -0.2) is 19.0 Å². The van der Waals surface area contributed by atoms with Gasteiger partial charge in [-0.25, -0.2) is 0 Å². The first-order valence-corrected chi connectivity index (χ1v) is 13.2. The summed E-state index contributed by atoms with van der Waals surface area (Å²) in [6.07, 6.45) is 27.0. The van der Waals surface area contributed by atoms with Gasteiger partial charge in [0, 0.05) is 13.0 Å². The second kappa shape index (κ2) is 14.6. The molecule has 2 fully saturated rings. The van der Waals surface area contributed by atoms with E-state index in [2.05, 4.69) is 13.8 Å². The third-order valence-electron chi connectivity index (χ3n) is 7.68. The second-order valence-electron chi connectivity index (χ2n) is 10.9. The van der Waals surface area contributed by atoms with Crippen LogP contribution in [0.5, 0.6) is 0 Å². The number of unbranched alkanes of at least 4 members (excludes halogenated alkanes) is 11. The van der Waals surface area contributed by atoms with Gasteiger partial charge in [0.1, 0.15) is 6.29 Å². The number of carbonyl (C=O) groups is 1. The van der Waals surface area contributed by atoms with Gasteiger partial charge in [0.2, 0.25) is 0 Å². The lowest BCUT2D eigenvalue weighted by atomic mass is 9.82. The molecule has 0 aromatic heterocycles. The minimum Gasteiger partial charge on any atom is -0.378 e. The first kappa shape index (κ1) is 24.9. The maximum absolute atomic E-state index is 10.4. The van der Waals surface area contributed by atoms with Gasteiger partial charge in [0.05, 0.1) is 6.10 Å². The van der Waals surface area contributed by atoms with Crippen molar-refractivity contribution in [2.24, 2.45) is 17.3 Å². The summed E-state index contributed by atoms with van der Waals surface area (Å²) in [4.78, 5) is 10.4. The van der Waals surface area contributed by atoms with Crippen LogP contribution in [0.2, 0.25) is 0 Å². The van der Waals surface area contributed by atoms with Crippen LogP contribution in [0.4, 0.5) is 0 Å². The Morgan fingerprint density at radius 3 is 1.90 bits per heavy atom. The number of rotatable bonds is 19. The molecule has 2 nitrogen and oxygen atoms in total. The SMILES string of the molecule is CC(C)(CCCCCC=O)CCCCCCCCCCCOC1CC2CCC1C2. The quantitative estimate of drug-likeness (QED) is 0.159. The highest BCUT2D eigenvalue weighted by atomic mass is 16.5. The molecule has 29 heavy (non-hydrogen) atoms. The molecular weight excluding hydrogens is 356 g/mol. The van der Waals surface area contributed by atoms with E-state index < -0.39 is 0 Å². The normalized spacial score (nSPS) is 23.7. The Kier molecular flexibility index (Phi) is 12.5. The fourth-order valence-electron chi connectivity index (χ4n) is 5.70. The molecule has 2 saturated carbocycles. The number of ether oxygens (including phenoxy) is 1. The van der Waals surface area contributed by atoms with Gasteiger partial charge in [-0.3, -0.25) is 0 Å². The monoisotopic (exact) mass is 406 g/mol. The van der Waals surface area contributed by atoms with Crippen molar-refractivity contribution in [2.75, 3.05) is 6.61 Å². The second-order valence-corrected chi connectivity index (χ2v) is 10.9. The summed E-state index contributed by atoms with van der Waals surface area (Å²) < 4.78 is 6.16. The molecule has 2 bridgehead atoms. The van der Waals surface area contributed by atoms with Crippen LogP contribution in [0.25, 0.3) is 0 Å². The zero-order valence-electron chi connectivity index (χ0n) is 19.8. The fourth-order valence-corrected chi connectivity index (χ4v) is 5.70. The Bertz CT molecular complexity index is 417. The summed E-state index contributed by atoms with van der Waals surface area (Å²) in [5.41, 5.74) is 0.487. The smallest absolute Gasteiger partial charge is 0.119 e. The average molecular weight is 407 g/mol. The Labute approximate surface area is 181 Å². The third-order valence-corrected chi connectivity index (χ3v) is 7.68. The molecule has 0 radical (unpaired) electrons. The van der Waals surface area contributed by atoms with Crippen molar-refractivity contribution in [2.45, 2.75) is 142 Å². The molecule has 0 amide bonds. The molecule has 3 unspecified atom stereocenters. The first-order chi connectivity index (χ1) is 14.1. The Balaban J connectivity index is 1.29. The average Bonchev–Trinajstić information content (AvgIpc) is 3.32. The largest absolute Gasteiger partial charge is 0.378 e. The van der Waals surface area contributed by atoms with Crippen molar-refractivity contribution in [1.29, 1.82) is 0 Å². The highest BCUT2D eigenvalue weighted by Gasteiger charge is 2.39. The van der Waals surface area contributed by atoms with E-state index in [0.29, 0.717) is 11.5 Å². The van der Waals surface area contributed by atoms with E-state index in [0.717, 1.165) is 37.6 Å². The lowest BCUT2D eigenvalue weighted by Crippen LogP contribution is -2.20. The molecule has 2 rings (SSSR count). The molecule has 2 aliphatic carbocycles. The van der Waals surface area contributed by atoms with Crippen molar-refractivity contribution in [1.82, 2.24) is 0 Å². The van der Waals surface area contributed by atoms with Crippen molar-refractivity contribution in [3.63, 3.8) is 0 Å². The Morgan fingerprint density at radius 1 is 0.759 bits per heavy atom. The maximum atomic E-state index is 10.4. The summed E-state index contributed by atoms with van der Waals surface area (Å²) in [6.45, 7) is 5.86. The van der Waals surface area contributed by atoms with Crippen molar-refractivity contribution in [3.8, 4) is 0 Å². The minimum atomic E-state index is 0.487. The van der Waals surface area contributed by atoms with Crippen LogP contribution in [0, 0.1) is 17.3 Å². The van der Waals surface area contributed by atoms with Gasteiger partial charge < -0.3 is 9.53 Å². The van der Waals surface area contributed by atoms with E-state index >= 15 is 0 Å². The lowest BCUT2D eigenvalue weighted by molar-refractivity contribution is -0.107. The van der Waals surface area contributed by atoms with Gasteiger partial charge in [-0.1, -0.05) is 78.1 Å². The molecular formula is C27H50O2. The van der Waals surface area contributed by atoms with Crippen LogP contribution in [0.3, 0.4) is 0 Å². The lowest BCUT2D eigenvalue weighted by Gasteiger charge is -2.24. The fraction of sp³-hybridized carbons (Fsp3) is 0.963. The first-order valence-electron chi connectivity index (χ1n) is 13.2. The van der Waals surface area contributed by atoms with Crippen molar-refractivity contribution >= 4 is 6.29 Å². The molecule has 0 aromatic carbocycles. The highest BCUT2D eigenvalue weighted by Crippen LogP contribution is 2.45. The van der Waals surface area contributed by atoms with E-state index in [1.165, 1.54) is 109 Å². The van der Waals surface area contributed by atoms with Gasteiger partial charge in [-0.05, 0) is 68.6 Å². The van der Waals surface area contributed by atoms with Crippen LogP contribution in [0.15, 0.2) is 0 Å². The molecule has 170 valence electrons. The number of hydrogen-bond acceptors (Lipinski definition) is 2. The summed E-state index contributed by atoms with van der Waals surface area (Å²) >= 11 is 0. The van der Waals surface area contributed by atoms with Gasteiger partial charge in [0.25, 0.3) is 0 Å². The van der Waals surface area contributed by atoms with Crippen LogP contribution in [-0.2, 0) is 9.53 Å². The molecule has 0 N–H and O–H groups in total. The Morgan fingerprint density at radius 2 is 1.34 bits per heavy atom. The van der Waals surface area contributed by atoms with Gasteiger partial charge >= 0.3 is 0 Å². The van der Waals surface area contributed by atoms with Crippen LogP contribution >= 0.6 is 0 Å². The van der Waals surface area contributed by atoms with E-state index in [4.69, 9.17) is 4.74 Å². The van der Waals surface area contributed by atoms with E-state index in [9.17, 15) is 4.79 Å². The van der Waals surface area contributed by atoms with Crippen LogP contribution < -0.4 is 0 Å². The van der Waals surface area contributed by atoms with Crippen molar-refractivity contribution in [3.05, 3.63) is 0 Å². The molecule has 0 heterocycles. The number of fused-ring (bicyclic) bond motifs is 2. The number of hydrogen-bond donors (Lipinski definition) is 0. The van der Waals surface area contributed by atoms with E-state index in [1.54, 1.807) is 0 Å². The van der Waals surface area contributed by atoms with E-state index in [1.807, 2.05) is 0 Å². The number of aldehydes is 1. The molecule has 2 aliphatic rings. The zero-order chi connectivity index (χ0) is 20.8. The van der Waals surface area contributed by atoms with Gasteiger partial charge in [0.15, 0.2) is 0 Å². The molecule has 0 spiro atoms. The summed E-state index contributed by atoms with van der Waals surface area (Å²) in [5, 5.41) is 0. The molecule has 0 saturated heterocycles. The summed E-state index contributed by atoms with van der Waals surface area (Å²) in [5.74, 6) is 1.93. The highest BCUT2D eigenvalue weighted by molar-refractivity contribution is 5.48. The molecule has 0 aromatic rings. The predicted octanol–water partition coefficient (Wildman–Crippen LogP) is 8.27. The van der Waals surface area contributed by atoms with Gasteiger partial charge in [-0.2, -0.15) is 0 Å². The topological polar surface area (TPSA) is 26.3 Å². The third kappa shape index (κ3) is 11.0. The van der Waals surface area contributed by atoms with E-state index in [-0.39, 0.29) is 0 Å². The minimum absolute atomic E-state index is 0.487. The zero-order valence-corrected chi connectivity index (χ0v) is 19.8. The molecule has 3 atom stereocenters. The maximum Gasteiger partial charge on any atom is 0.119 e. The van der Waals surface area contributed by atoms with Gasteiger partial charge in [-0.15, -0.1) is 0 Å². The summed E-state index contributed by atoms with van der Waals surface area (Å²) in [7, 11) is 0.